The minimum Gasteiger partial charge on any atom is -0.693 e. The molecule has 0 saturated carbocycles. The summed E-state index contributed by atoms with van der Waals surface area (Å²) in [5.74, 6) is 0. The Morgan fingerprint density at radius 1 is 0.750 bits per heavy atom. The maximum Gasteiger partial charge on any atom is 2.00 e. The van der Waals surface area contributed by atoms with Gasteiger partial charge in [-0.25, -0.2) is 0 Å². The van der Waals surface area contributed by atoms with Crippen LogP contribution in [0.5, 0.6) is 0 Å². The normalized spacial score (nSPS) is 0. The van der Waals surface area contributed by atoms with Crippen molar-refractivity contribution in [1.82, 2.24) is 0 Å². The number of hydrogen-bond donors (Lipinski definition) is 0. The fourth-order valence-electron chi connectivity index (χ4n) is 0. The summed E-state index contributed by atoms with van der Waals surface area (Å²) in [5.41, 5.74) is 0. The van der Waals surface area contributed by atoms with Crippen molar-refractivity contribution in [3.05, 3.63) is 12.3 Å². The summed E-state index contributed by atoms with van der Waals surface area (Å²) < 4.78 is 0. The SMILES string of the molecule is [LiH].[Mg+2].[NH2-].[NH2-]. The van der Waals surface area contributed by atoms with E-state index in [2.05, 4.69) is 0 Å². The van der Waals surface area contributed by atoms with E-state index in [1.165, 1.54) is 0 Å². The second-order valence-electron chi connectivity index (χ2n) is 0. The van der Waals surface area contributed by atoms with Crippen LogP contribution in [0.25, 0.3) is 12.3 Å². The monoisotopic (exact) mass is 64.0 g/mol. The van der Waals surface area contributed by atoms with Crippen LogP contribution in [-0.4, -0.2) is 41.9 Å². The molecule has 4 heavy (non-hydrogen) atoms. The molecule has 0 radical (unpaired) electrons. The van der Waals surface area contributed by atoms with Gasteiger partial charge in [-0.2, -0.15) is 0 Å². The first-order valence-electron chi connectivity index (χ1n) is 0. The first-order chi connectivity index (χ1) is 0. The van der Waals surface area contributed by atoms with Crippen molar-refractivity contribution in [1.29, 1.82) is 0 Å². The summed E-state index contributed by atoms with van der Waals surface area (Å²) in [5, 5.41) is 0. The molecule has 2 nitrogen and oxygen atoms in total. The van der Waals surface area contributed by atoms with Crippen molar-refractivity contribution in [2.24, 2.45) is 0 Å². The minimum atomic E-state index is 0. The zero-order chi connectivity index (χ0) is 0. The number of rotatable bonds is 0. The van der Waals surface area contributed by atoms with Gasteiger partial charge in [-0.3, -0.25) is 0 Å². The molecule has 18 valence electrons. The van der Waals surface area contributed by atoms with Gasteiger partial charge >= 0.3 is 41.9 Å². The minimum absolute atomic E-state index is 0. The van der Waals surface area contributed by atoms with Crippen LogP contribution in [0.4, 0.5) is 0 Å². The van der Waals surface area contributed by atoms with Crippen molar-refractivity contribution in [2.75, 3.05) is 0 Å². The molecule has 0 aromatic heterocycles. The molecule has 0 fully saturated rings. The fourth-order valence-corrected chi connectivity index (χ4v) is 0. The van der Waals surface area contributed by atoms with Gasteiger partial charge in [0.2, 0.25) is 0 Å². The Hall–Kier alpha value is 1.28. The van der Waals surface area contributed by atoms with Gasteiger partial charge in [0.25, 0.3) is 0 Å². The van der Waals surface area contributed by atoms with Crippen LogP contribution in [0, 0.1) is 0 Å². The summed E-state index contributed by atoms with van der Waals surface area (Å²) in [4.78, 5) is 0. The quantitative estimate of drug-likeness (QED) is 0.366. The van der Waals surface area contributed by atoms with Crippen LogP contribution in [-0.2, 0) is 0 Å². The van der Waals surface area contributed by atoms with Gasteiger partial charge in [-0.15, -0.1) is 0 Å². The van der Waals surface area contributed by atoms with Gasteiger partial charge in [-0.1, -0.05) is 0 Å². The van der Waals surface area contributed by atoms with Gasteiger partial charge in [0.1, 0.15) is 0 Å². The van der Waals surface area contributed by atoms with Crippen LogP contribution in [0.1, 0.15) is 0 Å². The fraction of sp³-hybridized carbons (Fsp3) is 0. The average Bonchev–Trinajstić information content (AvgIpc) is 0. The Kier molecular flexibility index (Phi) is 412. The van der Waals surface area contributed by atoms with Gasteiger partial charge < -0.3 is 12.3 Å². The third kappa shape index (κ3) is 10.4. The van der Waals surface area contributed by atoms with E-state index in [-0.39, 0.29) is 54.2 Å². The predicted octanol–water partition coefficient (Wildman–Crippen LogP) is 0.405. The van der Waals surface area contributed by atoms with Crippen LogP contribution in [0.3, 0.4) is 0 Å². The second kappa shape index (κ2) is 28.0. The first-order valence-corrected chi connectivity index (χ1v) is 0. The van der Waals surface area contributed by atoms with E-state index in [0.29, 0.717) is 0 Å². The molecule has 0 aromatic carbocycles. The predicted molar refractivity (Wildman–Crippen MR) is 23.5 cm³/mol. The molecule has 0 aromatic rings. The molecule has 0 aliphatic carbocycles. The van der Waals surface area contributed by atoms with Crippen LogP contribution < -0.4 is 0 Å². The Labute approximate surface area is 54.2 Å². The van der Waals surface area contributed by atoms with E-state index in [4.69, 9.17) is 0 Å². The third-order valence-electron chi connectivity index (χ3n) is 0. The molecule has 0 heterocycles. The van der Waals surface area contributed by atoms with Crippen molar-refractivity contribution >= 4 is 41.9 Å². The van der Waals surface area contributed by atoms with E-state index >= 15 is 0 Å². The summed E-state index contributed by atoms with van der Waals surface area (Å²) in [6, 6.07) is 0. The van der Waals surface area contributed by atoms with Crippen LogP contribution >= 0.6 is 0 Å². The number of hydrogen-bond acceptors (Lipinski definition) is 0. The standard InChI is InChI=1S/Li.Mg.2H2N.H/h;;2*1H2;/q;+2;2*-1;. The maximum absolute atomic E-state index is 0. The van der Waals surface area contributed by atoms with Crippen LogP contribution in [0.15, 0.2) is 0 Å². The van der Waals surface area contributed by atoms with Gasteiger partial charge in [-0.05, 0) is 0 Å². The Morgan fingerprint density at radius 2 is 0.750 bits per heavy atom. The van der Waals surface area contributed by atoms with E-state index in [1.54, 1.807) is 0 Å². The molecule has 0 atom stereocenters. The topological polar surface area (TPSA) is 67.0 Å². The molecule has 0 aliphatic heterocycles. The van der Waals surface area contributed by atoms with Crippen molar-refractivity contribution in [2.45, 2.75) is 0 Å². The molecular weight excluding hydrogens is 59.3 g/mol. The second-order valence-corrected chi connectivity index (χ2v) is 0. The molecular formula is H5LiMgN2. The molecule has 0 aliphatic rings. The van der Waals surface area contributed by atoms with Crippen molar-refractivity contribution in [3.8, 4) is 0 Å². The molecule has 0 unspecified atom stereocenters. The molecule has 4 heteroatoms. The first kappa shape index (κ1) is 58.8. The number of nitrogens with two attached hydrogens (primary N) is 2. The van der Waals surface area contributed by atoms with E-state index in [9.17, 15) is 0 Å². The molecule has 0 amide bonds. The van der Waals surface area contributed by atoms with E-state index in [1.807, 2.05) is 0 Å². The molecule has 0 spiro atoms. The summed E-state index contributed by atoms with van der Waals surface area (Å²) in [7, 11) is 0. The zero-order valence-corrected chi connectivity index (χ0v) is 3.28. The van der Waals surface area contributed by atoms with Crippen LogP contribution in [0.2, 0.25) is 0 Å². The summed E-state index contributed by atoms with van der Waals surface area (Å²) in [6.45, 7) is 0. The van der Waals surface area contributed by atoms with Crippen molar-refractivity contribution in [3.63, 3.8) is 0 Å². The Balaban J connectivity index is 0. The Bertz CT molecular complexity index is 6.00. The van der Waals surface area contributed by atoms with E-state index < -0.39 is 0 Å². The summed E-state index contributed by atoms with van der Waals surface area (Å²) >= 11 is 0. The third-order valence-corrected chi connectivity index (χ3v) is 0. The smallest absolute Gasteiger partial charge is 0.693 e. The molecule has 4 N–H and O–H groups in total. The Morgan fingerprint density at radius 3 is 0.750 bits per heavy atom. The largest absolute Gasteiger partial charge is 2.00 e. The zero-order valence-electron chi connectivity index (χ0n) is 1.86. The maximum atomic E-state index is 0. The van der Waals surface area contributed by atoms with E-state index in [0.717, 1.165) is 0 Å². The van der Waals surface area contributed by atoms with Gasteiger partial charge in [0, 0.05) is 0 Å². The molecule has 0 bridgehead atoms. The van der Waals surface area contributed by atoms with Gasteiger partial charge in [0.15, 0.2) is 0 Å². The average molecular weight is 64.3 g/mol. The molecule has 0 rings (SSSR count). The van der Waals surface area contributed by atoms with Crippen molar-refractivity contribution < 1.29 is 0 Å². The molecule has 0 saturated heterocycles. The summed E-state index contributed by atoms with van der Waals surface area (Å²) in [6.07, 6.45) is 0. The van der Waals surface area contributed by atoms with Gasteiger partial charge in [0.05, 0.1) is 0 Å².